The normalized spacial score (nSPS) is 10.9. The van der Waals surface area contributed by atoms with Crippen LogP contribution in [0, 0.1) is 0 Å². The van der Waals surface area contributed by atoms with Gasteiger partial charge in [-0.05, 0) is 59.9 Å². The molecule has 3 nitrogen and oxygen atoms in total. The average Bonchev–Trinajstić information content (AvgIpc) is 2.45. The first-order valence-corrected chi connectivity index (χ1v) is 7.68. The molecule has 2 aromatic rings. The maximum Gasteiger partial charge on any atom is 0.185 e. The molecule has 0 bridgehead atoms. The Morgan fingerprint density at radius 2 is 1.71 bits per heavy atom. The molecule has 2 aromatic carbocycles. The molecule has 0 amide bonds. The summed E-state index contributed by atoms with van der Waals surface area (Å²) in [6, 6.07) is 12.9. The fraction of sp³-hybridized carbons (Fsp3) is 0.118. The summed E-state index contributed by atoms with van der Waals surface area (Å²) in [6.45, 7) is 2.10. The van der Waals surface area contributed by atoms with Gasteiger partial charge in [-0.3, -0.25) is 4.79 Å². The van der Waals surface area contributed by atoms with E-state index < -0.39 is 0 Å². The van der Waals surface area contributed by atoms with Crippen LogP contribution in [-0.4, -0.2) is 11.5 Å². The molecule has 4 heteroatoms. The van der Waals surface area contributed by atoms with E-state index in [9.17, 15) is 4.79 Å². The Labute approximate surface area is 129 Å². The molecule has 0 aliphatic heterocycles. The number of rotatable bonds is 5. The number of thioether (sulfide) groups is 1. The zero-order valence-corrected chi connectivity index (χ0v) is 12.7. The van der Waals surface area contributed by atoms with Crippen molar-refractivity contribution in [3.05, 3.63) is 59.7 Å². The van der Waals surface area contributed by atoms with Gasteiger partial charge < -0.3 is 11.5 Å². The number of hydrogen-bond acceptors (Lipinski definition) is 4. The van der Waals surface area contributed by atoms with E-state index in [4.69, 9.17) is 11.5 Å². The van der Waals surface area contributed by atoms with E-state index >= 15 is 0 Å². The minimum atomic E-state index is -0.0379. The minimum absolute atomic E-state index is 0.0379. The first-order valence-electron chi connectivity index (χ1n) is 6.70. The number of carbonyl (C=O) groups is 1. The standard InChI is InChI=1S/C17H18N2OS/c1-2-21-16-6-4-13(5-7-16)17(20)8-3-12-9-14(18)11-15(19)10-12/h3-11H,2,18-19H2,1H3. The van der Waals surface area contributed by atoms with E-state index in [1.165, 1.54) is 11.0 Å². The first kappa shape index (κ1) is 15.2. The van der Waals surface area contributed by atoms with Crippen LogP contribution in [-0.2, 0) is 0 Å². The molecule has 108 valence electrons. The number of nitrogen functional groups attached to an aromatic ring is 2. The lowest BCUT2D eigenvalue weighted by atomic mass is 10.1. The summed E-state index contributed by atoms with van der Waals surface area (Å²) in [7, 11) is 0. The molecular formula is C17H18N2OS. The first-order chi connectivity index (χ1) is 10.1. The number of ketones is 1. The van der Waals surface area contributed by atoms with Gasteiger partial charge in [-0.1, -0.05) is 13.0 Å². The van der Waals surface area contributed by atoms with Crippen LogP contribution in [0.15, 0.2) is 53.4 Å². The second-order valence-electron chi connectivity index (χ2n) is 4.59. The summed E-state index contributed by atoms with van der Waals surface area (Å²) in [5.74, 6) is 0.980. The monoisotopic (exact) mass is 298 g/mol. The van der Waals surface area contributed by atoms with Gasteiger partial charge in [0.1, 0.15) is 0 Å². The molecule has 0 spiro atoms. The van der Waals surface area contributed by atoms with E-state index in [1.807, 2.05) is 24.3 Å². The van der Waals surface area contributed by atoms with Gasteiger partial charge in [0.2, 0.25) is 0 Å². The highest BCUT2D eigenvalue weighted by molar-refractivity contribution is 7.99. The minimum Gasteiger partial charge on any atom is -0.399 e. The molecule has 0 saturated heterocycles. The van der Waals surface area contributed by atoms with Crippen LogP contribution in [0.25, 0.3) is 6.08 Å². The summed E-state index contributed by atoms with van der Waals surface area (Å²) in [5.41, 5.74) is 14.1. The van der Waals surface area contributed by atoms with Crippen molar-refractivity contribution in [1.29, 1.82) is 0 Å². The number of nitrogens with two attached hydrogens (primary N) is 2. The second-order valence-corrected chi connectivity index (χ2v) is 5.93. The summed E-state index contributed by atoms with van der Waals surface area (Å²) in [4.78, 5) is 13.3. The van der Waals surface area contributed by atoms with Crippen LogP contribution in [0.1, 0.15) is 22.8 Å². The molecule has 0 aliphatic rings. The van der Waals surface area contributed by atoms with Crippen molar-refractivity contribution in [2.75, 3.05) is 17.2 Å². The molecule has 0 aliphatic carbocycles. The zero-order chi connectivity index (χ0) is 15.2. The molecule has 0 heterocycles. The van der Waals surface area contributed by atoms with Crippen molar-refractivity contribution < 1.29 is 4.79 Å². The van der Waals surface area contributed by atoms with Crippen LogP contribution in [0.4, 0.5) is 11.4 Å². The lowest BCUT2D eigenvalue weighted by Gasteiger charge is -2.01. The third kappa shape index (κ3) is 4.39. The van der Waals surface area contributed by atoms with Gasteiger partial charge in [0, 0.05) is 21.8 Å². The Morgan fingerprint density at radius 3 is 2.29 bits per heavy atom. The summed E-state index contributed by atoms with van der Waals surface area (Å²) in [6.07, 6.45) is 3.26. The summed E-state index contributed by atoms with van der Waals surface area (Å²) < 4.78 is 0. The molecule has 21 heavy (non-hydrogen) atoms. The van der Waals surface area contributed by atoms with Crippen molar-refractivity contribution in [3.8, 4) is 0 Å². The van der Waals surface area contributed by atoms with E-state index in [0.29, 0.717) is 16.9 Å². The van der Waals surface area contributed by atoms with E-state index in [-0.39, 0.29) is 5.78 Å². The number of allylic oxidation sites excluding steroid dienone is 1. The highest BCUT2D eigenvalue weighted by Crippen LogP contribution is 2.19. The van der Waals surface area contributed by atoms with Crippen molar-refractivity contribution in [2.24, 2.45) is 0 Å². The molecule has 0 fully saturated rings. The van der Waals surface area contributed by atoms with Gasteiger partial charge in [0.25, 0.3) is 0 Å². The largest absolute Gasteiger partial charge is 0.399 e. The van der Waals surface area contributed by atoms with Crippen molar-refractivity contribution in [1.82, 2.24) is 0 Å². The number of hydrogen-bond donors (Lipinski definition) is 2. The van der Waals surface area contributed by atoms with E-state index in [2.05, 4.69) is 6.92 Å². The fourth-order valence-corrected chi connectivity index (χ4v) is 2.61. The van der Waals surface area contributed by atoms with E-state index in [1.54, 1.807) is 36.0 Å². The Hall–Kier alpha value is -2.20. The van der Waals surface area contributed by atoms with Crippen molar-refractivity contribution in [2.45, 2.75) is 11.8 Å². The van der Waals surface area contributed by atoms with Crippen molar-refractivity contribution in [3.63, 3.8) is 0 Å². The number of carbonyl (C=O) groups excluding carboxylic acids is 1. The predicted octanol–water partition coefficient (Wildman–Crippen LogP) is 3.86. The lowest BCUT2D eigenvalue weighted by molar-refractivity contribution is 0.104. The van der Waals surface area contributed by atoms with Crippen LogP contribution >= 0.6 is 11.8 Å². The third-order valence-corrected chi connectivity index (χ3v) is 3.77. The van der Waals surface area contributed by atoms with Gasteiger partial charge in [0.05, 0.1) is 0 Å². The SMILES string of the molecule is CCSc1ccc(C(=O)C=Cc2cc(N)cc(N)c2)cc1. The van der Waals surface area contributed by atoms with Crippen LogP contribution in [0.5, 0.6) is 0 Å². The molecule has 0 unspecified atom stereocenters. The predicted molar refractivity (Wildman–Crippen MR) is 91.5 cm³/mol. The van der Waals surface area contributed by atoms with Gasteiger partial charge in [-0.15, -0.1) is 11.8 Å². The Morgan fingerprint density at radius 1 is 1.10 bits per heavy atom. The van der Waals surface area contributed by atoms with Crippen LogP contribution in [0.2, 0.25) is 0 Å². The van der Waals surface area contributed by atoms with Gasteiger partial charge in [-0.25, -0.2) is 0 Å². The van der Waals surface area contributed by atoms with E-state index in [0.717, 1.165) is 11.3 Å². The highest BCUT2D eigenvalue weighted by Gasteiger charge is 2.02. The topological polar surface area (TPSA) is 69.1 Å². The molecule has 0 aromatic heterocycles. The van der Waals surface area contributed by atoms with Gasteiger partial charge in [-0.2, -0.15) is 0 Å². The third-order valence-electron chi connectivity index (χ3n) is 2.88. The smallest absolute Gasteiger partial charge is 0.185 e. The summed E-state index contributed by atoms with van der Waals surface area (Å²) in [5, 5.41) is 0. The number of anilines is 2. The molecule has 0 saturated carbocycles. The molecule has 0 atom stereocenters. The molecule has 4 N–H and O–H groups in total. The Bertz CT molecular complexity index is 643. The highest BCUT2D eigenvalue weighted by atomic mass is 32.2. The lowest BCUT2D eigenvalue weighted by Crippen LogP contribution is -1.94. The zero-order valence-electron chi connectivity index (χ0n) is 11.9. The fourth-order valence-electron chi connectivity index (χ4n) is 1.95. The number of benzene rings is 2. The maximum absolute atomic E-state index is 12.1. The molecule has 0 radical (unpaired) electrons. The van der Waals surface area contributed by atoms with Crippen LogP contribution < -0.4 is 11.5 Å². The summed E-state index contributed by atoms with van der Waals surface area (Å²) >= 11 is 1.75. The Balaban J connectivity index is 2.11. The van der Waals surface area contributed by atoms with Crippen molar-refractivity contribution >= 4 is 35.0 Å². The van der Waals surface area contributed by atoms with Gasteiger partial charge in [0.15, 0.2) is 5.78 Å². The Kier molecular flexibility index (Phi) is 5.06. The van der Waals surface area contributed by atoms with Crippen LogP contribution in [0.3, 0.4) is 0 Å². The maximum atomic E-state index is 12.1. The van der Waals surface area contributed by atoms with Gasteiger partial charge >= 0.3 is 0 Å². The molecule has 2 rings (SSSR count). The second kappa shape index (κ2) is 6.99. The average molecular weight is 298 g/mol. The quantitative estimate of drug-likeness (QED) is 0.380. The molecular weight excluding hydrogens is 280 g/mol.